The van der Waals surface area contributed by atoms with Gasteiger partial charge in [-0.1, -0.05) is 23.2 Å². The number of fused-ring (bicyclic) bond motifs is 1. The number of rotatable bonds is 3. The number of hydrogen-bond donors (Lipinski definition) is 0. The molecule has 2 aromatic heterocycles. The predicted octanol–water partition coefficient (Wildman–Crippen LogP) is 5.52. The summed E-state index contributed by atoms with van der Waals surface area (Å²) in [5, 5.41) is 6.02. The minimum atomic E-state index is 0. The van der Waals surface area contributed by atoms with Gasteiger partial charge in [0, 0.05) is 28.6 Å². The Morgan fingerprint density at radius 3 is 2.36 bits per heavy atom. The van der Waals surface area contributed by atoms with Crippen LogP contribution < -0.4 is 0 Å². The Morgan fingerprint density at radius 2 is 1.68 bits per heavy atom. The van der Waals surface area contributed by atoms with E-state index in [0.29, 0.717) is 27.3 Å². The van der Waals surface area contributed by atoms with Gasteiger partial charge in [0.25, 0.3) is 0 Å². The second kappa shape index (κ2) is 7.96. The van der Waals surface area contributed by atoms with Crippen LogP contribution in [0, 0.1) is 0 Å². The summed E-state index contributed by atoms with van der Waals surface area (Å²) in [6, 6.07) is 8.01. The number of benzene rings is 1. The Kier molecular flexibility index (Phi) is 5.73. The van der Waals surface area contributed by atoms with Crippen molar-refractivity contribution in [3.8, 4) is 11.3 Å². The lowest BCUT2D eigenvalue weighted by Gasteiger charge is -2.30. The molecule has 2 aliphatic rings. The van der Waals surface area contributed by atoms with Gasteiger partial charge in [-0.2, -0.15) is 4.52 Å². The number of nitrogens with zero attached hydrogens (tertiary/aromatic N) is 5. The molecule has 0 amide bonds. The summed E-state index contributed by atoms with van der Waals surface area (Å²) in [5.41, 5.74) is 2.13. The molecular weight excluding hydrogens is 440 g/mol. The summed E-state index contributed by atoms with van der Waals surface area (Å²) in [6.07, 6.45) is 4.89. The monoisotopic (exact) mass is 457 g/mol. The van der Waals surface area contributed by atoms with E-state index in [-0.39, 0.29) is 17.7 Å². The van der Waals surface area contributed by atoms with Gasteiger partial charge in [-0.15, -0.1) is 17.5 Å². The quantitative estimate of drug-likeness (QED) is 0.485. The smallest absolute Gasteiger partial charge is 0.226 e. The average Bonchev–Trinajstić information content (AvgIpc) is 3.41. The van der Waals surface area contributed by atoms with Crippen molar-refractivity contribution in [1.29, 1.82) is 0 Å². The van der Waals surface area contributed by atoms with E-state index in [1.54, 1.807) is 16.6 Å². The van der Waals surface area contributed by atoms with Gasteiger partial charge >= 0.3 is 0 Å². The van der Waals surface area contributed by atoms with Crippen molar-refractivity contribution in [2.24, 2.45) is 0 Å². The lowest BCUT2D eigenvalue weighted by atomic mass is 9.96. The van der Waals surface area contributed by atoms with Crippen LogP contribution in [0.1, 0.15) is 37.4 Å². The maximum atomic E-state index is 6.39. The predicted molar refractivity (Wildman–Crippen MR) is 115 cm³/mol. The van der Waals surface area contributed by atoms with Crippen LogP contribution in [0.25, 0.3) is 16.9 Å². The molecule has 9 heteroatoms. The fourth-order valence-electron chi connectivity index (χ4n) is 3.84. The first-order valence-electron chi connectivity index (χ1n) is 9.21. The molecule has 0 spiro atoms. The number of aromatic nitrogens is 4. The molecular formula is C19H19Cl4N5. The molecule has 1 saturated carbocycles. The average molecular weight is 459 g/mol. The summed E-state index contributed by atoms with van der Waals surface area (Å²) in [6.45, 7) is 2.25. The van der Waals surface area contributed by atoms with Gasteiger partial charge < -0.3 is 4.90 Å². The van der Waals surface area contributed by atoms with Gasteiger partial charge in [-0.25, -0.2) is 9.97 Å². The van der Waals surface area contributed by atoms with Crippen molar-refractivity contribution in [2.75, 3.05) is 13.1 Å². The van der Waals surface area contributed by atoms with E-state index < -0.39 is 0 Å². The van der Waals surface area contributed by atoms with E-state index in [1.807, 2.05) is 12.1 Å². The van der Waals surface area contributed by atoms with Gasteiger partial charge in [0.1, 0.15) is 0 Å². The van der Waals surface area contributed by atoms with Crippen LogP contribution in [0.2, 0.25) is 15.3 Å². The van der Waals surface area contributed by atoms with E-state index in [0.717, 1.165) is 43.4 Å². The number of hydrogen-bond acceptors (Lipinski definition) is 4. The van der Waals surface area contributed by atoms with Crippen LogP contribution in [0.4, 0.5) is 0 Å². The highest BCUT2D eigenvalue weighted by Gasteiger charge is 2.33. The first-order chi connectivity index (χ1) is 13.1. The van der Waals surface area contributed by atoms with Crippen LogP contribution in [0.3, 0.4) is 0 Å². The highest BCUT2D eigenvalue weighted by molar-refractivity contribution is 6.36. The Balaban J connectivity index is 0.00000192. The normalized spacial score (nSPS) is 18.4. The van der Waals surface area contributed by atoms with Gasteiger partial charge in [0.15, 0.2) is 11.5 Å². The molecule has 148 valence electrons. The molecule has 0 radical (unpaired) electrons. The third-order valence-electron chi connectivity index (χ3n) is 5.47. The van der Waals surface area contributed by atoms with Crippen molar-refractivity contribution < 1.29 is 0 Å². The summed E-state index contributed by atoms with van der Waals surface area (Å²) in [4.78, 5) is 11.8. The Morgan fingerprint density at radius 1 is 0.929 bits per heavy atom. The van der Waals surface area contributed by atoms with Gasteiger partial charge in [0.05, 0.1) is 10.7 Å². The van der Waals surface area contributed by atoms with Gasteiger partial charge in [-0.05, 0) is 68.6 Å². The van der Waals surface area contributed by atoms with Crippen LogP contribution in [0.5, 0.6) is 0 Å². The Bertz CT molecular complexity index is 1010. The van der Waals surface area contributed by atoms with Crippen molar-refractivity contribution in [3.05, 3.63) is 45.4 Å². The number of piperidine rings is 1. The van der Waals surface area contributed by atoms with E-state index in [9.17, 15) is 0 Å². The third kappa shape index (κ3) is 3.83. The maximum Gasteiger partial charge on any atom is 0.226 e. The van der Waals surface area contributed by atoms with Crippen LogP contribution in [-0.4, -0.2) is 43.6 Å². The van der Waals surface area contributed by atoms with Crippen molar-refractivity contribution in [1.82, 2.24) is 24.5 Å². The molecule has 0 unspecified atom stereocenters. The van der Waals surface area contributed by atoms with Crippen LogP contribution in [-0.2, 0) is 0 Å². The van der Waals surface area contributed by atoms with E-state index in [1.165, 1.54) is 12.8 Å². The fraction of sp³-hybridized carbons (Fsp3) is 0.421. The minimum absolute atomic E-state index is 0. The molecule has 0 bridgehead atoms. The first kappa shape index (κ1) is 20.2. The van der Waals surface area contributed by atoms with Crippen LogP contribution >= 0.6 is 47.2 Å². The summed E-state index contributed by atoms with van der Waals surface area (Å²) < 4.78 is 1.61. The third-order valence-corrected chi connectivity index (χ3v) is 6.26. The SMILES string of the molecule is Cl.Clc1ccc(-c2cc3nc(C4CCN(C5CC5)CC4)nn3c(Cl)n2)c(Cl)c1. The molecule has 1 aliphatic heterocycles. The van der Waals surface area contributed by atoms with Crippen LogP contribution in [0.15, 0.2) is 24.3 Å². The molecule has 0 N–H and O–H groups in total. The summed E-state index contributed by atoms with van der Waals surface area (Å²) >= 11 is 18.7. The van der Waals surface area contributed by atoms with E-state index in [2.05, 4.69) is 15.0 Å². The lowest BCUT2D eigenvalue weighted by molar-refractivity contribution is 0.200. The zero-order chi connectivity index (χ0) is 18.5. The van der Waals surface area contributed by atoms with Crippen molar-refractivity contribution in [3.63, 3.8) is 0 Å². The number of likely N-dealkylation sites (tertiary alicyclic amines) is 1. The van der Waals surface area contributed by atoms with Gasteiger partial charge in [0.2, 0.25) is 5.28 Å². The van der Waals surface area contributed by atoms with Crippen molar-refractivity contribution in [2.45, 2.75) is 37.6 Å². The lowest BCUT2D eigenvalue weighted by Crippen LogP contribution is -2.34. The highest BCUT2D eigenvalue weighted by atomic mass is 35.5. The standard InChI is InChI=1S/C19H18Cl3N5.ClH/c20-12-1-4-14(15(21)9-12)16-10-17-24-18(25-27(17)19(22)23-16)11-5-7-26(8-6-11)13-2-3-13;/h1,4,9-11,13H,2-3,5-8H2;1H. The molecule has 5 nitrogen and oxygen atoms in total. The Labute approximate surface area is 184 Å². The summed E-state index contributed by atoms with van der Waals surface area (Å²) in [5.74, 6) is 1.23. The topological polar surface area (TPSA) is 46.3 Å². The molecule has 5 rings (SSSR count). The largest absolute Gasteiger partial charge is 0.300 e. The molecule has 1 aliphatic carbocycles. The highest BCUT2D eigenvalue weighted by Crippen LogP contribution is 2.34. The first-order valence-corrected chi connectivity index (χ1v) is 10.3. The van der Waals surface area contributed by atoms with E-state index >= 15 is 0 Å². The molecule has 0 atom stereocenters. The summed E-state index contributed by atoms with van der Waals surface area (Å²) in [7, 11) is 0. The molecule has 1 saturated heterocycles. The second-order valence-electron chi connectivity index (χ2n) is 7.32. The zero-order valence-electron chi connectivity index (χ0n) is 15.0. The second-order valence-corrected chi connectivity index (χ2v) is 8.50. The molecule has 2 fully saturated rings. The minimum Gasteiger partial charge on any atom is -0.300 e. The molecule has 3 aromatic rings. The Hall–Kier alpha value is -1.11. The molecule has 3 heterocycles. The number of halogens is 4. The fourth-order valence-corrected chi connectivity index (χ4v) is 4.56. The maximum absolute atomic E-state index is 6.39. The molecule has 1 aromatic carbocycles. The van der Waals surface area contributed by atoms with Crippen molar-refractivity contribution >= 4 is 52.9 Å². The van der Waals surface area contributed by atoms with E-state index in [4.69, 9.17) is 39.8 Å². The van der Waals surface area contributed by atoms with Gasteiger partial charge in [-0.3, -0.25) is 0 Å². The molecule has 28 heavy (non-hydrogen) atoms. The zero-order valence-corrected chi connectivity index (χ0v) is 18.1.